The van der Waals surface area contributed by atoms with E-state index in [0.29, 0.717) is 24.7 Å². The molecule has 3 aromatic rings. The first-order valence-corrected chi connectivity index (χ1v) is 13.1. The van der Waals surface area contributed by atoms with Gasteiger partial charge in [0.2, 0.25) is 0 Å². The summed E-state index contributed by atoms with van der Waals surface area (Å²) >= 11 is 0. The molecule has 0 fully saturated rings. The highest BCUT2D eigenvalue weighted by atomic mass is 32.2. The predicted molar refractivity (Wildman–Crippen MR) is 141 cm³/mol. The van der Waals surface area contributed by atoms with Crippen molar-refractivity contribution in [2.75, 3.05) is 24.1 Å². The number of nitrogens with zero attached hydrogens (tertiary/aromatic N) is 2. The Kier molecular flexibility index (Phi) is 9.46. The van der Waals surface area contributed by atoms with Gasteiger partial charge in [-0.15, -0.1) is 0 Å². The van der Waals surface area contributed by atoms with E-state index in [4.69, 9.17) is 9.47 Å². The lowest BCUT2D eigenvalue weighted by atomic mass is 10.2. The van der Waals surface area contributed by atoms with E-state index in [-0.39, 0.29) is 4.90 Å². The number of rotatable bonds is 12. The number of ether oxygens (including phenoxy) is 2. The second-order valence-corrected chi connectivity index (χ2v) is 9.82. The van der Waals surface area contributed by atoms with Crippen LogP contribution in [0.2, 0.25) is 0 Å². The van der Waals surface area contributed by atoms with Gasteiger partial charge in [-0.3, -0.25) is 9.10 Å². The Bertz CT molecular complexity index is 1260. The van der Waals surface area contributed by atoms with Gasteiger partial charge < -0.3 is 9.47 Å². The van der Waals surface area contributed by atoms with Crippen molar-refractivity contribution < 1.29 is 22.7 Å². The number of hydrogen-bond donors (Lipinski definition) is 1. The highest BCUT2D eigenvalue weighted by Gasteiger charge is 2.27. The number of benzene rings is 3. The molecule has 3 rings (SSSR count). The molecule has 9 heteroatoms. The number of anilines is 1. The molecule has 0 bridgehead atoms. The fourth-order valence-electron chi connectivity index (χ4n) is 3.24. The van der Waals surface area contributed by atoms with E-state index in [1.54, 1.807) is 36.4 Å². The van der Waals surface area contributed by atoms with Gasteiger partial charge in [-0.25, -0.2) is 13.8 Å². The van der Waals surface area contributed by atoms with Crippen LogP contribution in [0.4, 0.5) is 5.69 Å². The smallest absolute Gasteiger partial charge is 0.264 e. The summed E-state index contributed by atoms with van der Waals surface area (Å²) in [5.74, 6) is 0.776. The largest absolute Gasteiger partial charge is 0.494 e. The van der Waals surface area contributed by atoms with E-state index in [1.165, 1.54) is 18.3 Å². The van der Waals surface area contributed by atoms with Crippen LogP contribution in [0.5, 0.6) is 11.5 Å². The van der Waals surface area contributed by atoms with Crippen LogP contribution in [0, 0.1) is 6.92 Å². The molecule has 36 heavy (non-hydrogen) atoms. The van der Waals surface area contributed by atoms with Gasteiger partial charge >= 0.3 is 0 Å². The third kappa shape index (κ3) is 7.32. The molecule has 0 spiro atoms. The van der Waals surface area contributed by atoms with E-state index in [0.717, 1.165) is 27.6 Å². The summed E-state index contributed by atoms with van der Waals surface area (Å²) in [4.78, 5) is 12.8. The van der Waals surface area contributed by atoms with Gasteiger partial charge in [-0.2, -0.15) is 5.10 Å². The van der Waals surface area contributed by atoms with Crippen molar-refractivity contribution in [2.45, 2.75) is 32.1 Å². The molecular formula is C27H31N3O5S. The number of hydrazone groups is 1. The van der Waals surface area contributed by atoms with Gasteiger partial charge in [0.05, 0.1) is 30.0 Å². The van der Waals surface area contributed by atoms with Gasteiger partial charge in [0.25, 0.3) is 15.9 Å². The Morgan fingerprint density at radius 1 is 0.917 bits per heavy atom. The maximum absolute atomic E-state index is 13.5. The molecule has 0 saturated heterocycles. The zero-order chi connectivity index (χ0) is 26.0. The van der Waals surface area contributed by atoms with Gasteiger partial charge in [0.15, 0.2) is 0 Å². The third-order valence-electron chi connectivity index (χ3n) is 5.09. The molecule has 1 amide bonds. The van der Waals surface area contributed by atoms with Crippen molar-refractivity contribution in [3.8, 4) is 11.5 Å². The normalized spacial score (nSPS) is 11.3. The topological polar surface area (TPSA) is 97.3 Å². The number of hydrogen-bond acceptors (Lipinski definition) is 6. The van der Waals surface area contributed by atoms with Crippen LogP contribution in [0.25, 0.3) is 0 Å². The molecule has 8 nitrogen and oxygen atoms in total. The molecule has 190 valence electrons. The first kappa shape index (κ1) is 26.7. The molecule has 0 aliphatic heterocycles. The average Bonchev–Trinajstić information content (AvgIpc) is 2.88. The van der Waals surface area contributed by atoms with Gasteiger partial charge in [-0.05, 0) is 86.5 Å². The Morgan fingerprint density at radius 2 is 1.53 bits per heavy atom. The molecule has 0 heterocycles. The molecule has 0 atom stereocenters. The quantitative estimate of drug-likeness (QED) is 0.286. The van der Waals surface area contributed by atoms with Crippen molar-refractivity contribution in [2.24, 2.45) is 5.10 Å². The summed E-state index contributed by atoms with van der Waals surface area (Å²) in [6.45, 7) is 6.44. The lowest BCUT2D eigenvalue weighted by Crippen LogP contribution is -2.39. The number of carbonyl (C=O) groups is 1. The van der Waals surface area contributed by atoms with E-state index in [9.17, 15) is 13.2 Å². The first-order valence-electron chi connectivity index (χ1n) is 11.7. The van der Waals surface area contributed by atoms with Gasteiger partial charge in [0.1, 0.15) is 18.0 Å². The maximum Gasteiger partial charge on any atom is 0.264 e. The van der Waals surface area contributed by atoms with E-state index in [2.05, 4.69) is 10.5 Å². The number of sulfonamides is 1. The van der Waals surface area contributed by atoms with Crippen LogP contribution in [0.3, 0.4) is 0 Å². The molecule has 0 radical (unpaired) electrons. The van der Waals surface area contributed by atoms with Crippen LogP contribution in [-0.4, -0.2) is 40.3 Å². The van der Waals surface area contributed by atoms with Crippen LogP contribution in [-0.2, 0) is 14.8 Å². The number of nitrogens with one attached hydrogen (secondary N) is 1. The van der Waals surface area contributed by atoms with Gasteiger partial charge in [-0.1, -0.05) is 24.6 Å². The number of amides is 1. The van der Waals surface area contributed by atoms with Crippen molar-refractivity contribution >= 4 is 27.8 Å². The summed E-state index contributed by atoms with van der Waals surface area (Å²) < 4.78 is 39.0. The molecule has 0 unspecified atom stereocenters. The Hall–Kier alpha value is -3.85. The minimum Gasteiger partial charge on any atom is -0.494 e. The van der Waals surface area contributed by atoms with E-state index < -0.39 is 22.5 Å². The predicted octanol–water partition coefficient (Wildman–Crippen LogP) is 4.53. The Balaban J connectivity index is 1.76. The lowest BCUT2D eigenvalue weighted by molar-refractivity contribution is -0.119. The average molecular weight is 510 g/mol. The molecule has 0 saturated carbocycles. The minimum atomic E-state index is -4.01. The van der Waals surface area contributed by atoms with Crippen molar-refractivity contribution in [1.29, 1.82) is 0 Å². The van der Waals surface area contributed by atoms with Crippen LogP contribution in [0.1, 0.15) is 31.4 Å². The van der Waals surface area contributed by atoms with E-state index in [1.807, 2.05) is 45.0 Å². The monoisotopic (exact) mass is 509 g/mol. The second kappa shape index (κ2) is 12.7. The van der Waals surface area contributed by atoms with E-state index >= 15 is 0 Å². The van der Waals surface area contributed by atoms with Crippen molar-refractivity contribution in [3.63, 3.8) is 0 Å². The summed E-state index contributed by atoms with van der Waals surface area (Å²) in [5.41, 5.74) is 4.44. The number of aryl methyl sites for hydroxylation is 1. The second-order valence-electron chi connectivity index (χ2n) is 7.96. The summed E-state index contributed by atoms with van der Waals surface area (Å²) in [7, 11) is -4.01. The van der Waals surface area contributed by atoms with Crippen molar-refractivity contribution in [1.82, 2.24) is 5.43 Å². The van der Waals surface area contributed by atoms with Gasteiger partial charge in [0, 0.05) is 0 Å². The molecule has 0 aliphatic rings. The zero-order valence-corrected chi connectivity index (χ0v) is 21.5. The summed E-state index contributed by atoms with van der Waals surface area (Å²) in [6.07, 6.45) is 2.40. The first-order chi connectivity index (χ1) is 17.3. The molecule has 0 aliphatic carbocycles. The molecule has 0 aromatic heterocycles. The highest BCUT2D eigenvalue weighted by molar-refractivity contribution is 7.92. The molecule has 1 N–H and O–H groups in total. The molecule has 3 aromatic carbocycles. The standard InChI is InChI=1S/C27H31N3O5S/c1-4-18-35-25-12-8-22(9-13-25)19-28-29-27(31)20-30(23-10-14-24(15-11-23)34-5-2)36(32,33)26-16-6-21(3)7-17-26/h6-17,19H,4-5,18,20H2,1-3H3,(H,29,31)/b28-19-. The highest BCUT2D eigenvalue weighted by Crippen LogP contribution is 2.26. The maximum atomic E-state index is 13.5. The van der Waals surface area contributed by atoms with Crippen LogP contribution >= 0.6 is 0 Å². The van der Waals surface area contributed by atoms with Crippen molar-refractivity contribution in [3.05, 3.63) is 83.9 Å². The number of carbonyl (C=O) groups excluding carboxylic acids is 1. The fourth-order valence-corrected chi connectivity index (χ4v) is 4.66. The third-order valence-corrected chi connectivity index (χ3v) is 6.88. The SMILES string of the molecule is CCCOc1ccc(/C=N\NC(=O)CN(c2ccc(OCC)cc2)S(=O)(=O)c2ccc(C)cc2)cc1. The lowest BCUT2D eigenvalue weighted by Gasteiger charge is -2.24. The van der Waals surface area contributed by atoms with Crippen LogP contribution in [0.15, 0.2) is 82.8 Å². The zero-order valence-electron chi connectivity index (χ0n) is 20.7. The van der Waals surface area contributed by atoms with Crippen LogP contribution < -0.4 is 19.2 Å². The molecular weight excluding hydrogens is 478 g/mol. The summed E-state index contributed by atoms with van der Waals surface area (Å²) in [6, 6.07) is 20.3. The Morgan fingerprint density at radius 3 is 2.14 bits per heavy atom. The minimum absolute atomic E-state index is 0.0867. The summed E-state index contributed by atoms with van der Waals surface area (Å²) in [5, 5.41) is 3.98. The Labute approximate surface area is 212 Å². The fraction of sp³-hybridized carbons (Fsp3) is 0.259.